The third kappa shape index (κ3) is 8.88. The molecule has 8 rings (SSSR count). The maximum Gasteiger partial charge on any atom is 0.272 e. The third-order valence-electron chi connectivity index (χ3n) is 11.5. The Morgan fingerprint density at radius 1 is 0.831 bits per heavy atom. The molecule has 3 atom stereocenters. The average molecular weight is 825 g/mol. The van der Waals surface area contributed by atoms with Crippen molar-refractivity contribution < 1.29 is 19.1 Å². The van der Waals surface area contributed by atoms with Crippen LogP contribution in [0.2, 0.25) is 10.0 Å². The second-order valence-electron chi connectivity index (χ2n) is 15.4. The first-order valence-corrected chi connectivity index (χ1v) is 20.9. The zero-order valence-electron chi connectivity index (χ0n) is 33.5. The molecule has 1 N–H and O–H groups in total. The fourth-order valence-electron chi connectivity index (χ4n) is 8.16. The molecule has 0 aromatic heterocycles. The molecule has 6 aromatic carbocycles. The highest BCUT2D eigenvalue weighted by Crippen LogP contribution is 2.43. The quantitative estimate of drug-likeness (QED) is 0.133. The minimum Gasteiger partial charge on any atom is -0.489 e. The van der Waals surface area contributed by atoms with Gasteiger partial charge in [0.25, 0.3) is 5.91 Å². The van der Waals surface area contributed by atoms with Gasteiger partial charge in [0.1, 0.15) is 18.1 Å². The molecule has 0 unspecified atom stereocenters. The molecule has 7 nitrogen and oxygen atoms in total. The standard InChI is InChI=1S/C50H47Cl2N3O4/c1-4-44(37-8-6-5-7-9-37)55-30-40-29-47-45(54(3)50(57)48(59-47)38-19-21-41(22-20-38)58-31-34-14-23-42(51)43(52)26-34)27-39(40)28-46(55)49(56)53-25-24-33-12-17-36(18-13-33)35-15-10-32(2)11-16-35/h5-23,26-27,29,44,46,48H,4,24-25,28,30-31H2,1-3H3,(H,53,56)/t44-,46-,48-/m0/s1. The van der Waals surface area contributed by atoms with Crippen molar-refractivity contribution in [1.82, 2.24) is 10.2 Å². The number of anilines is 1. The topological polar surface area (TPSA) is 71.1 Å². The van der Waals surface area contributed by atoms with Crippen molar-refractivity contribution in [3.63, 3.8) is 0 Å². The van der Waals surface area contributed by atoms with Crippen LogP contribution in [0.4, 0.5) is 5.69 Å². The number of fused-ring (bicyclic) bond motifs is 2. The van der Waals surface area contributed by atoms with Crippen LogP contribution in [0, 0.1) is 6.92 Å². The highest BCUT2D eigenvalue weighted by atomic mass is 35.5. The number of likely N-dealkylation sites (N-methyl/N-ethyl adjacent to an activating group) is 1. The van der Waals surface area contributed by atoms with Gasteiger partial charge in [-0.05, 0) is 102 Å². The van der Waals surface area contributed by atoms with Crippen LogP contribution in [-0.4, -0.2) is 36.3 Å². The Morgan fingerprint density at radius 3 is 2.22 bits per heavy atom. The van der Waals surface area contributed by atoms with E-state index in [1.807, 2.05) is 42.5 Å². The van der Waals surface area contributed by atoms with Gasteiger partial charge in [-0.3, -0.25) is 14.5 Å². The van der Waals surface area contributed by atoms with Crippen molar-refractivity contribution in [1.29, 1.82) is 0 Å². The van der Waals surface area contributed by atoms with Crippen LogP contribution < -0.4 is 19.7 Å². The number of nitrogens with zero attached hydrogens (tertiary/aromatic N) is 2. The largest absolute Gasteiger partial charge is 0.489 e. The zero-order valence-corrected chi connectivity index (χ0v) is 35.0. The molecule has 0 bridgehead atoms. The van der Waals surface area contributed by atoms with E-state index < -0.39 is 12.1 Å². The number of halogens is 2. The first-order valence-electron chi connectivity index (χ1n) is 20.2. The fraction of sp³-hybridized carbons (Fsp3) is 0.240. The van der Waals surface area contributed by atoms with E-state index in [2.05, 4.69) is 103 Å². The summed E-state index contributed by atoms with van der Waals surface area (Å²) in [6.07, 6.45) is 1.26. The van der Waals surface area contributed by atoms with E-state index >= 15 is 0 Å². The number of rotatable bonds is 12. The third-order valence-corrected chi connectivity index (χ3v) is 12.2. The smallest absolute Gasteiger partial charge is 0.272 e. The normalized spacial score (nSPS) is 16.8. The first kappa shape index (κ1) is 40.2. The van der Waals surface area contributed by atoms with Gasteiger partial charge in [-0.2, -0.15) is 0 Å². The average Bonchev–Trinajstić information content (AvgIpc) is 3.26. The number of carbonyl (C=O) groups excluding carboxylic acids is 2. The lowest BCUT2D eigenvalue weighted by Crippen LogP contribution is -2.51. The number of nitrogens with one attached hydrogen (secondary N) is 1. The Morgan fingerprint density at radius 2 is 1.53 bits per heavy atom. The van der Waals surface area contributed by atoms with Crippen molar-refractivity contribution in [2.45, 2.75) is 64.4 Å². The summed E-state index contributed by atoms with van der Waals surface area (Å²) in [5.41, 5.74) is 10.4. The highest BCUT2D eigenvalue weighted by molar-refractivity contribution is 6.42. The molecule has 9 heteroatoms. The second-order valence-corrected chi connectivity index (χ2v) is 16.2. The van der Waals surface area contributed by atoms with Gasteiger partial charge in [-0.25, -0.2) is 0 Å². The number of ether oxygens (including phenoxy) is 2. The summed E-state index contributed by atoms with van der Waals surface area (Å²) in [6.45, 7) is 5.68. The number of carbonyl (C=O) groups is 2. The molecule has 2 amide bonds. The summed E-state index contributed by atoms with van der Waals surface area (Å²) in [5.74, 6) is 1.13. The Kier molecular flexibility index (Phi) is 12.1. The van der Waals surface area contributed by atoms with E-state index in [9.17, 15) is 9.59 Å². The van der Waals surface area contributed by atoms with Crippen LogP contribution in [0.15, 0.2) is 133 Å². The Hall–Kier alpha value is -5.60. The maximum atomic E-state index is 14.2. The van der Waals surface area contributed by atoms with Gasteiger partial charge in [-0.15, -0.1) is 0 Å². The van der Waals surface area contributed by atoms with E-state index in [0.29, 0.717) is 53.3 Å². The van der Waals surface area contributed by atoms with Crippen molar-refractivity contribution in [2.75, 3.05) is 18.5 Å². The first-order chi connectivity index (χ1) is 28.6. The highest BCUT2D eigenvalue weighted by Gasteiger charge is 2.39. The second kappa shape index (κ2) is 17.7. The summed E-state index contributed by atoms with van der Waals surface area (Å²) in [4.78, 5) is 32.1. The zero-order chi connectivity index (χ0) is 41.0. The summed E-state index contributed by atoms with van der Waals surface area (Å²) in [5, 5.41) is 4.25. The molecule has 0 spiro atoms. The van der Waals surface area contributed by atoms with Crippen LogP contribution in [0.25, 0.3) is 11.1 Å². The number of benzene rings is 6. The summed E-state index contributed by atoms with van der Waals surface area (Å²) < 4.78 is 12.5. The van der Waals surface area contributed by atoms with Gasteiger partial charge in [0, 0.05) is 31.7 Å². The fourth-order valence-corrected chi connectivity index (χ4v) is 8.48. The molecule has 0 aliphatic carbocycles. The lowest BCUT2D eigenvalue weighted by atomic mass is 9.88. The van der Waals surface area contributed by atoms with Crippen LogP contribution in [0.3, 0.4) is 0 Å². The van der Waals surface area contributed by atoms with Crippen molar-refractivity contribution in [3.05, 3.63) is 182 Å². The number of aryl methyl sites for hydroxylation is 1. The van der Waals surface area contributed by atoms with E-state index in [4.69, 9.17) is 32.7 Å². The molecule has 300 valence electrons. The molecule has 0 radical (unpaired) electrons. The molecule has 59 heavy (non-hydrogen) atoms. The monoisotopic (exact) mass is 823 g/mol. The van der Waals surface area contributed by atoms with E-state index in [1.165, 1.54) is 27.8 Å². The molecule has 0 saturated carbocycles. The summed E-state index contributed by atoms with van der Waals surface area (Å²) in [6, 6.07) is 44.1. The van der Waals surface area contributed by atoms with Crippen LogP contribution in [-0.2, 0) is 35.6 Å². The van der Waals surface area contributed by atoms with E-state index in [0.717, 1.165) is 35.1 Å². The number of amides is 2. The molecule has 6 aromatic rings. The van der Waals surface area contributed by atoms with Gasteiger partial charge < -0.3 is 19.7 Å². The lowest BCUT2D eigenvalue weighted by Gasteiger charge is -2.42. The van der Waals surface area contributed by atoms with Crippen LogP contribution in [0.5, 0.6) is 11.5 Å². The molecule has 0 saturated heterocycles. The Bertz CT molecular complexity index is 2440. The molecule has 0 fully saturated rings. The summed E-state index contributed by atoms with van der Waals surface area (Å²) >= 11 is 12.2. The van der Waals surface area contributed by atoms with Crippen LogP contribution in [0.1, 0.15) is 64.4 Å². The van der Waals surface area contributed by atoms with Gasteiger partial charge in [0.2, 0.25) is 12.0 Å². The van der Waals surface area contributed by atoms with Gasteiger partial charge >= 0.3 is 0 Å². The maximum absolute atomic E-state index is 14.2. The number of hydrogen-bond donors (Lipinski definition) is 1. The van der Waals surface area contributed by atoms with Crippen LogP contribution >= 0.6 is 23.2 Å². The predicted molar refractivity (Wildman–Crippen MR) is 236 cm³/mol. The van der Waals surface area contributed by atoms with Gasteiger partial charge in [0.05, 0.1) is 21.8 Å². The summed E-state index contributed by atoms with van der Waals surface area (Å²) in [7, 11) is 1.78. The van der Waals surface area contributed by atoms with E-state index in [1.54, 1.807) is 24.1 Å². The molecule has 2 aliphatic heterocycles. The predicted octanol–water partition coefficient (Wildman–Crippen LogP) is 10.9. The van der Waals surface area contributed by atoms with Gasteiger partial charge in [-0.1, -0.05) is 133 Å². The van der Waals surface area contributed by atoms with Crippen molar-refractivity contribution >= 4 is 40.7 Å². The molecule has 2 heterocycles. The molecule has 2 aliphatic rings. The van der Waals surface area contributed by atoms with Crippen molar-refractivity contribution in [2.24, 2.45) is 0 Å². The minimum atomic E-state index is -0.820. The molecular formula is C50H47Cl2N3O4. The number of hydrogen-bond acceptors (Lipinski definition) is 5. The minimum absolute atomic E-state index is 0.00385. The van der Waals surface area contributed by atoms with Gasteiger partial charge in [0.15, 0.2) is 0 Å². The Labute approximate surface area is 356 Å². The Balaban J connectivity index is 0.986. The lowest BCUT2D eigenvalue weighted by molar-refractivity contribution is -0.128. The molecular weight excluding hydrogens is 777 g/mol. The SMILES string of the molecule is CC[C@@H](c1ccccc1)N1Cc2cc3c(cc2C[C@H]1C(=O)NCCc1ccc(-c2ccc(C)cc2)cc1)N(C)C(=O)[C@H](c1ccc(OCc2ccc(Cl)c(Cl)c2)cc1)O3. The van der Waals surface area contributed by atoms with Crippen molar-refractivity contribution in [3.8, 4) is 22.6 Å². The van der Waals surface area contributed by atoms with E-state index in [-0.39, 0.29) is 17.9 Å².